The summed E-state index contributed by atoms with van der Waals surface area (Å²) in [5, 5.41) is 23.7. The van der Waals surface area contributed by atoms with Crippen LogP contribution in [0.3, 0.4) is 0 Å². The van der Waals surface area contributed by atoms with Crippen molar-refractivity contribution >= 4 is 0 Å². The van der Waals surface area contributed by atoms with Gasteiger partial charge in [0.15, 0.2) is 0 Å². The first-order chi connectivity index (χ1) is 17.0. The molecule has 0 bridgehead atoms. The smallest absolute Gasteiger partial charge is 0.124 e. The van der Waals surface area contributed by atoms with Gasteiger partial charge in [-0.1, -0.05) is 63.2 Å². The maximum absolute atomic E-state index is 12.4. The number of para-hydroxylation sites is 1. The number of likely N-dealkylation sites (tertiary alicyclic amines) is 1. The van der Waals surface area contributed by atoms with Crippen molar-refractivity contribution < 1.29 is 14.9 Å². The van der Waals surface area contributed by atoms with Crippen LogP contribution in [0.1, 0.15) is 67.9 Å². The second-order valence-electron chi connectivity index (χ2n) is 11.3. The second kappa shape index (κ2) is 9.97. The molecule has 1 aromatic heterocycles. The topological polar surface area (TPSA) is 65.8 Å². The number of aliphatic hydroxyl groups is 2. The molecular weight excluding hydrogens is 448 g/mol. The Kier molecular flexibility index (Phi) is 7.29. The highest BCUT2D eigenvalue weighted by atomic mass is 16.5. The average molecular weight is 489 g/mol. The van der Waals surface area contributed by atoms with Gasteiger partial charge in [-0.3, -0.25) is 4.98 Å². The van der Waals surface area contributed by atoms with Crippen LogP contribution in [0.4, 0.5) is 0 Å². The highest BCUT2D eigenvalue weighted by Gasteiger charge is 2.55. The van der Waals surface area contributed by atoms with Gasteiger partial charge in [0.2, 0.25) is 0 Å². The zero-order valence-electron chi connectivity index (χ0n) is 22.5. The molecule has 0 spiro atoms. The summed E-state index contributed by atoms with van der Waals surface area (Å²) in [5.41, 5.74) is 2.11. The van der Waals surface area contributed by atoms with Gasteiger partial charge in [0, 0.05) is 42.0 Å². The normalized spacial score (nSPS) is 18.8. The minimum Gasteiger partial charge on any atom is -0.496 e. The minimum atomic E-state index is -1.18. The summed E-state index contributed by atoms with van der Waals surface area (Å²) in [6, 6.07) is 18.0. The van der Waals surface area contributed by atoms with E-state index >= 15 is 0 Å². The predicted molar refractivity (Wildman–Crippen MR) is 144 cm³/mol. The Morgan fingerprint density at radius 1 is 1.03 bits per heavy atom. The molecule has 0 aliphatic carbocycles. The predicted octanol–water partition coefficient (Wildman–Crippen LogP) is 5.24. The Morgan fingerprint density at radius 3 is 2.31 bits per heavy atom. The van der Waals surface area contributed by atoms with Crippen LogP contribution >= 0.6 is 0 Å². The number of aryl methyl sites for hydroxylation is 1. The van der Waals surface area contributed by atoms with Crippen molar-refractivity contribution in [2.45, 2.75) is 57.7 Å². The summed E-state index contributed by atoms with van der Waals surface area (Å²) in [6.45, 7) is 9.92. The molecule has 2 N–H and O–H groups in total. The van der Waals surface area contributed by atoms with E-state index in [-0.39, 0.29) is 5.41 Å². The molecule has 5 nitrogen and oxygen atoms in total. The van der Waals surface area contributed by atoms with E-state index < -0.39 is 11.2 Å². The van der Waals surface area contributed by atoms with E-state index in [9.17, 15) is 10.2 Å². The minimum absolute atomic E-state index is 0.343. The molecule has 192 valence electrons. The molecule has 1 aliphatic heterocycles. The number of benzene rings is 2. The van der Waals surface area contributed by atoms with Crippen LogP contribution in [-0.4, -0.2) is 47.3 Å². The van der Waals surface area contributed by atoms with E-state index in [2.05, 4.69) is 68.0 Å². The van der Waals surface area contributed by atoms with E-state index in [1.165, 1.54) is 5.56 Å². The van der Waals surface area contributed by atoms with Gasteiger partial charge in [0.1, 0.15) is 11.4 Å². The summed E-state index contributed by atoms with van der Waals surface area (Å²) < 4.78 is 5.48. The van der Waals surface area contributed by atoms with Gasteiger partial charge in [0.25, 0.3) is 0 Å². The van der Waals surface area contributed by atoms with Gasteiger partial charge in [0.05, 0.1) is 12.7 Å². The third-order valence-electron chi connectivity index (χ3n) is 7.91. The number of hydrogen-bond acceptors (Lipinski definition) is 5. The molecule has 36 heavy (non-hydrogen) atoms. The van der Waals surface area contributed by atoms with E-state index in [0.717, 1.165) is 35.3 Å². The third kappa shape index (κ3) is 4.80. The Balaban J connectivity index is 1.66. The number of methoxy groups -OCH3 is 1. The number of pyridine rings is 1. The maximum atomic E-state index is 12.4. The van der Waals surface area contributed by atoms with Crippen molar-refractivity contribution in [3.63, 3.8) is 0 Å². The number of rotatable bonds is 9. The van der Waals surface area contributed by atoms with Gasteiger partial charge in [-0.2, -0.15) is 0 Å². The number of hydrogen-bond donors (Lipinski definition) is 2. The van der Waals surface area contributed by atoms with E-state index in [1.807, 2.05) is 37.4 Å². The van der Waals surface area contributed by atoms with Gasteiger partial charge >= 0.3 is 0 Å². The van der Waals surface area contributed by atoms with Crippen LogP contribution in [-0.2, 0) is 17.6 Å². The fourth-order valence-corrected chi connectivity index (χ4v) is 5.78. The molecule has 3 aromatic rings. The van der Waals surface area contributed by atoms with Crippen LogP contribution in [0.2, 0.25) is 0 Å². The molecule has 4 rings (SSSR count). The molecule has 0 amide bonds. The lowest BCUT2D eigenvalue weighted by molar-refractivity contribution is -0.127. The summed E-state index contributed by atoms with van der Waals surface area (Å²) in [7, 11) is 3.70. The molecule has 1 fully saturated rings. The molecular formula is C31H40N2O3. The monoisotopic (exact) mass is 488 g/mol. The number of aromatic nitrogens is 1. The zero-order valence-corrected chi connectivity index (χ0v) is 22.5. The SMILES string of the molecule is COc1ccccc1C(C)(O)CCc1cncc(C(O)(c2ccc(C(C)C)cc2)C2(C)CN(C)C2)c1. The Labute approximate surface area is 215 Å². The highest BCUT2D eigenvalue weighted by molar-refractivity contribution is 5.42. The van der Waals surface area contributed by atoms with Crippen molar-refractivity contribution in [3.05, 3.63) is 94.8 Å². The summed E-state index contributed by atoms with van der Waals surface area (Å²) in [5.74, 6) is 1.11. The number of nitrogens with zero attached hydrogens (tertiary/aromatic N) is 2. The molecule has 2 aromatic carbocycles. The summed E-state index contributed by atoms with van der Waals surface area (Å²) in [4.78, 5) is 6.77. The van der Waals surface area contributed by atoms with Gasteiger partial charge < -0.3 is 19.8 Å². The lowest BCUT2D eigenvalue weighted by Gasteiger charge is -2.56. The molecule has 2 atom stereocenters. The van der Waals surface area contributed by atoms with Crippen LogP contribution in [0.15, 0.2) is 67.0 Å². The Hall–Kier alpha value is -2.73. The van der Waals surface area contributed by atoms with Gasteiger partial charge in [-0.25, -0.2) is 0 Å². The van der Waals surface area contributed by atoms with Crippen molar-refractivity contribution in [3.8, 4) is 5.75 Å². The standard InChI is InChI=1S/C31H40N2O3/c1-22(2)24-11-13-25(14-12-24)31(35,29(3)20-33(5)21-29)26-17-23(18-32-19-26)15-16-30(4,34)27-9-7-8-10-28(27)36-6/h7-14,17-19,22,34-35H,15-16,20-21H2,1-6H3. The van der Waals surface area contributed by atoms with Crippen molar-refractivity contribution in [1.29, 1.82) is 0 Å². The van der Waals surface area contributed by atoms with Crippen LogP contribution in [0, 0.1) is 5.41 Å². The van der Waals surface area contributed by atoms with E-state index in [1.54, 1.807) is 13.3 Å². The fourth-order valence-electron chi connectivity index (χ4n) is 5.78. The lowest BCUT2D eigenvalue weighted by Crippen LogP contribution is -2.63. The van der Waals surface area contributed by atoms with E-state index in [4.69, 9.17) is 4.74 Å². The molecule has 0 radical (unpaired) electrons. The fraction of sp³-hybridized carbons (Fsp3) is 0.452. The first-order valence-corrected chi connectivity index (χ1v) is 12.8. The first-order valence-electron chi connectivity index (χ1n) is 12.8. The largest absolute Gasteiger partial charge is 0.496 e. The molecule has 5 heteroatoms. The molecule has 2 heterocycles. The van der Waals surface area contributed by atoms with Crippen LogP contribution in [0.5, 0.6) is 5.75 Å². The first kappa shape index (κ1) is 26.3. The Bertz CT molecular complexity index is 1180. The highest BCUT2D eigenvalue weighted by Crippen LogP contribution is 2.50. The van der Waals surface area contributed by atoms with Gasteiger partial charge in [-0.05, 0) is 61.6 Å². The Morgan fingerprint density at radius 2 is 1.69 bits per heavy atom. The summed E-state index contributed by atoms with van der Waals surface area (Å²) >= 11 is 0. The van der Waals surface area contributed by atoms with Crippen molar-refractivity contribution in [2.75, 3.05) is 27.2 Å². The summed E-state index contributed by atoms with van der Waals surface area (Å²) in [6.07, 6.45) is 4.74. The van der Waals surface area contributed by atoms with Crippen LogP contribution in [0.25, 0.3) is 0 Å². The number of ether oxygens (including phenoxy) is 1. The van der Waals surface area contributed by atoms with Crippen molar-refractivity contribution in [1.82, 2.24) is 9.88 Å². The lowest BCUT2D eigenvalue weighted by atomic mass is 9.62. The van der Waals surface area contributed by atoms with Gasteiger partial charge in [-0.15, -0.1) is 0 Å². The molecule has 0 saturated carbocycles. The van der Waals surface area contributed by atoms with Crippen molar-refractivity contribution in [2.24, 2.45) is 5.41 Å². The molecule has 2 unspecified atom stereocenters. The second-order valence-corrected chi connectivity index (χ2v) is 11.3. The molecule has 1 saturated heterocycles. The third-order valence-corrected chi connectivity index (χ3v) is 7.91. The average Bonchev–Trinajstić information content (AvgIpc) is 2.86. The van der Waals surface area contributed by atoms with E-state index in [0.29, 0.717) is 24.5 Å². The maximum Gasteiger partial charge on any atom is 0.124 e. The van der Waals surface area contributed by atoms with Crippen LogP contribution < -0.4 is 4.74 Å². The molecule has 1 aliphatic rings. The quantitative estimate of drug-likeness (QED) is 0.431. The zero-order chi connectivity index (χ0) is 26.1.